The quantitative estimate of drug-likeness (QED) is 0.619. The molecule has 0 bridgehead atoms. The summed E-state index contributed by atoms with van der Waals surface area (Å²) >= 11 is 0.497. The summed E-state index contributed by atoms with van der Waals surface area (Å²) in [6.07, 6.45) is 3.97. The molecule has 0 unspecified atom stereocenters. The molecule has 99 valence electrons. The molecule has 1 aliphatic heterocycles. The fraction of sp³-hybridized carbons (Fsp3) is 0.615. The third-order valence-corrected chi connectivity index (χ3v) is 5.69. The molecule has 18 heavy (non-hydrogen) atoms. The van der Waals surface area contributed by atoms with Crippen molar-refractivity contribution < 1.29 is 5.11 Å². The molecular weight excluding hydrogens is 289 g/mol. The maximum atomic E-state index is 8.76. The standard InChI is InChI=1S/C13H21AsN3O/c1-14-11-4-7-17(10-11)12-3-6-16-13(9-12)15-5-2-8-18/h3,6,9,11,18H,2,4-5,7-8,10H2,1H3,(H,15,16)/t11-/m0/s1. The molecule has 1 aliphatic rings. The van der Waals surface area contributed by atoms with E-state index in [0.29, 0.717) is 15.8 Å². The van der Waals surface area contributed by atoms with Crippen LogP contribution in [0, 0.1) is 0 Å². The van der Waals surface area contributed by atoms with E-state index < -0.39 is 0 Å². The summed E-state index contributed by atoms with van der Waals surface area (Å²) in [5.74, 6) is 0.911. The number of hydrogen-bond acceptors (Lipinski definition) is 4. The van der Waals surface area contributed by atoms with E-state index in [2.05, 4.69) is 33.0 Å². The second-order valence-corrected chi connectivity index (χ2v) is 7.17. The molecule has 0 amide bonds. The number of hydrogen-bond donors (Lipinski definition) is 2. The van der Waals surface area contributed by atoms with Gasteiger partial charge in [-0.05, 0) is 0 Å². The van der Waals surface area contributed by atoms with Crippen molar-refractivity contribution in [2.75, 3.05) is 36.5 Å². The Morgan fingerprint density at radius 2 is 2.50 bits per heavy atom. The number of nitrogens with zero attached hydrogens (tertiary/aromatic N) is 2. The predicted molar refractivity (Wildman–Crippen MR) is 76.6 cm³/mol. The first kappa shape index (κ1) is 13.7. The molecule has 0 saturated carbocycles. The summed E-state index contributed by atoms with van der Waals surface area (Å²) in [5.41, 5.74) is 3.63. The van der Waals surface area contributed by atoms with Crippen LogP contribution in [0.25, 0.3) is 0 Å². The zero-order valence-corrected chi connectivity index (χ0v) is 12.7. The van der Waals surface area contributed by atoms with Gasteiger partial charge in [-0.2, -0.15) is 0 Å². The van der Waals surface area contributed by atoms with E-state index in [9.17, 15) is 0 Å². The summed E-state index contributed by atoms with van der Waals surface area (Å²) in [4.78, 5) is 6.77. The van der Waals surface area contributed by atoms with Crippen molar-refractivity contribution in [2.45, 2.75) is 23.3 Å². The van der Waals surface area contributed by atoms with Crippen LogP contribution in [-0.4, -0.2) is 52.1 Å². The van der Waals surface area contributed by atoms with Crippen LogP contribution >= 0.6 is 0 Å². The van der Waals surface area contributed by atoms with Crippen molar-refractivity contribution >= 4 is 27.3 Å². The second-order valence-electron chi connectivity index (χ2n) is 4.55. The van der Waals surface area contributed by atoms with Crippen molar-refractivity contribution in [1.82, 2.24) is 4.98 Å². The van der Waals surface area contributed by atoms with Gasteiger partial charge in [-0.25, -0.2) is 0 Å². The van der Waals surface area contributed by atoms with Gasteiger partial charge in [-0.15, -0.1) is 0 Å². The van der Waals surface area contributed by atoms with Gasteiger partial charge >= 0.3 is 115 Å². The molecule has 2 heterocycles. The van der Waals surface area contributed by atoms with Crippen LogP contribution in [0.5, 0.6) is 0 Å². The third-order valence-electron chi connectivity index (χ3n) is 3.28. The average molecular weight is 310 g/mol. The summed E-state index contributed by atoms with van der Waals surface area (Å²) in [5, 5.41) is 12.0. The molecule has 1 aromatic heterocycles. The molecular formula is C13H21AsN3O. The number of aromatic nitrogens is 1. The monoisotopic (exact) mass is 310 g/mol. The number of nitrogens with one attached hydrogen (secondary N) is 1. The second kappa shape index (κ2) is 7.00. The zero-order valence-electron chi connectivity index (χ0n) is 10.8. The Bertz CT molecular complexity index is 375. The summed E-state index contributed by atoms with van der Waals surface area (Å²) in [7, 11) is 0. The fourth-order valence-corrected chi connectivity index (χ4v) is 3.74. The minimum absolute atomic E-state index is 0.222. The summed E-state index contributed by atoms with van der Waals surface area (Å²) in [6.45, 7) is 3.38. The first-order valence-corrected chi connectivity index (χ1v) is 9.44. The fourth-order valence-electron chi connectivity index (χ4n) is 2.20. The molecule has 0 aliphatic carbocycles. The topological polar surface area (TPSA) is 48.4 Å². The normalized spacial score (nSPS) is 19.9. The van der Waals surface area contributed by atoms with Crippen molar-refractivity contribution in [3.05, 3.63) is 18.3 Å². The molecule has 1 aromatic rings. The van der Waals surface area contributed by atoms with Gasteiger partial charge in [0.15, 0.2) is 0 Å². The van der Waals surface area contributed by atoms with Crippen LogP contribution in [0.2, 0.25) is 10.4 Å². The van der Waals surface area contributed by atoms with E-state index in [1.807, 2.05) is 6.20 Å². The zero-order chi connectivity index (χ0) is 12.8. The Balaban J connectivity index is 1.94. The first-order chi connectivity index (χ1) is 8.83. The maximum absolute atomic E-state index is 8.76. The number of rotatable bonds is 6. The van der Waals surface area contributed by atoms with Crippen LogP contribution in [0.4, 0.5) is 11.5 Å². The predicted octanol–water partition coefficient (Wildman–Crippen LogP) is 1.63. The molecule has 0 aromatic carbocycles. The third kappa shape index (κ3) is 3.63. The van der Waals surface area contributed by atoms with Gasteiger partial charge in [0.25, 0.3) is 0 Å². The Morgan fingerprint density at radius 1 is 1.61 bits per heavy atom. The summed E-state index contributed by atoms with van der Waals surface area (Å²) in [6, 6.07) is 4.21. The van der Waals surface area contributed by atoms with E-state index in [1.165, 1.54) is 25.2 Å². The van der Waals surface area contributed by atoms with Gasteiger partial charge in [0.05, 0.1) is 0 Å². The van der Waals surface area contributed by atoms with E-state index in [1.54, 1.807) is 0 Å². The van der Waals surface area contributed by atoms with Gasteiger partial charge in [-0.1, -0.05) is 0 Å². The molecule has 1 radical (unpaired) electrons. The Labute approximate surface area is 115 Å². The van der Waals surface area contributed by atoms with E-state index in [-0.39, 0.29) is 6.61 Å². The number of pyridine rings is 1. The Hall–Kier alpha value is -0.732. The van der Waals surface area contributed by atoms with Crippen LogP contribution < -0.4 is 10.2 Å². The molecule has 2 N–H and O–H groups in total. The number of anilines is 2. The van der Waals surface area contributed by atoms with E-state index >= 15 is 0 Å². The summed E-state index contributed by atoms with van der Waals surface area (Å²) < 4.78 is 0.931. The van der Waals surface area contributed by atoms with Gasteiger partial charge in [0.2, 0.25) is 0 Å². The van der Waals surface area contributed by atoms with Crippen molar-refractivity contribution in [3.63, 3.8) is 0 Å². The first-order valence-electron chi connectivity index (χ1n) is 6.48. The van der Waals surface area contributed by atoms with Gasteiger partial charge < -0.3 is 0 Å². The Morgan fingerprint density at radius 3 is 3.22 bits per heavy atom. The molecule has 1 atom stereocenters. The molecule has 4 nitrogen and oxygen atoms in total. The van der Waals surface area contributed by atoms with Gasteiger partial charge in [0.1, 0.15) is 0 Å². The SMILES string of the molecule is C[As][C@H]1CCN(c2ccnc(NCCCO)c2)C1. The molecule has 1 saturated heterocycles. The van der Waals surface area contributed by atoms with E-state index in [4.69, 9.17) is 5.11 Å². The van der Waals surface area contributed by atoms with Crippen LogP contribution in [0.15, 0.2) is 18.3 Å². The molecule has 2 rings (SSSR count). The van der Waals surface area contributed by atoms with E-state index in [0.717, 1.165) is 23.5 Å². The molecule has 0 spiro atoms. The van der Waals surface area contributed by atoms with Crippen molar-refractivity contribution in [2.24, 2.45) is 0 Å². The minimum atomic E-state index is 0.222. The van der Waals surface area contributed by atoms with Gasteiger partial charge in [-0.3, -0.25) is 0 Å². The van der Waals surface area contributed by atoms with Gasteiger partial charge in [0, 0.05) is 0 Å². The Kier molecular flexibility index (Phi) is 5.33. The van der Waals surface area contributed by atoms with Crippen molar-refractivity contribution in [3.8, 4) is 0 Å². The van der Waals surface area contributed by atoms with Crippen molar-refractivity contribution in [1.29, 1.82) is 0 Å². The average Bonchev–Trinajstić information content (AvgIpc) is 2.88. The number of aliphatic hydroxyl groups is 1. The van der Waals surface area contributed by atoms with Crippen LogP contribution in [-0.2, 0) is 0 Å². The molecule has 1 fully saturated rings. The van der Waals surface area contributed by atoms with Crippen LogP contribution in [0.3, 0.4) is 0 Å². The number of aliphatic hydroxyl groups excluding tert-OH is 1. The van der Waals surface area contributed by atoms with Crippen LogP contribution in [0.1, 0.15) is 12.8 Å². The molecule has 5 heteroatoms.